The highest BCUT2D eigenvalue weighted by Crippen LogP contribution is 2.40. The van der Waals surface area contributed by atoms with Crippen LogP contribution in [0.2, 0.25) is 0 Å². The molecule has 0 bridgehead atoms. The van der Waals surface area contributed by atoms with Crippen molar-refractivity contribution in [3.63, 3.8) is 0 Å². The van der Waals surface area contributed by atoms with E-state index >= 15 is 0 Å². The first kappa shape index (κ1) is 20.8. The predicted molar refractivity (Wildman–Crippen MR) is 93.3 cm³/mol. The second-order valence-corrected chi connectivity index (χ2v) is 7.11. The van der Waals surface area contributed by atoms with Crippen LogP contribution in [-0.4, -0.2) is 21.8 Å². The molecule has 2 atom stereocenters. The molecule has 3 N–H and O–H groups in total. The summed E-state index contributed by atoms with van der Waals surface area (Å²) >= 11 is 0. The molecule has 7 heteroatoms. The largest absolute Gasteiger partial charge is 0.469 e. The summed E-state index contributed by atoms with van der Waals surface area (Å²) < 4.78 is 15.9. The number of rotatable bonds is 11. The zero-order chi connectivity index (χ0) is 18.0. The molecule has 0 heterocycles. The smallest absolute Gasteiger partial charge is 0.347 e. The summed E-state index contributed by atoms with van der Waals surface area (Å²) in [6, 6.07) is 8.44. The summed E-state index contributed by atoms with van der Waals surface area (Å²) in [5, 5.41) is 2.84. The minimum Gasteiger partial charge on any atom is -0.347 e. The monoisotopic (exact) mass is 357 g/mol. The molecule has 136 valence electrons. The third-order valence-corrected chi connectivity index (χ3v) is 4.36. The Morgan fingerprint density at radius 1 is 1.17 bits per heavy atom. The maximum absolute atomic E-state index is 12.2. The molecule has 0 aliphatic rings. The quantitative estimate of drug-likeness (QED) is 0.414. The van der Waals surface area contributed by atoms with Gasteiger partial charge in [-0.2, -0.15) is 0 Å². The molecule has 0 aromatic heterocycles. The van der Waals surface area contributed by atoms with Gasteiger partial charge in [-0.25, -0.2) is 4.57 Å². The lowest BCUT2D eigenvalue weighted by Crippen LogP contribution is -2.35. The van der Waals surface area contributed by atoms with Crippen LogP contribution in [0.15, 0.2) is 30.3 Å². The number of unbranched alkanes of at least 4 members (excludes halogenated alkanes) is 4. The highest BCUT2D eigenvalue weighted by atomic mass is 31.2. The highest BCUT2D eigenvalue weighted by Gasteiger charge is 2.28. The molecule has 24 heavy (non-hydrogen) atoms. The first-order valence-corrected chi connectivity index (χ1v) is 9.94. The van der Waals surface area contributed by atoms with E-state index in [1.54, 1.807) is 12.1 Å². The summed E-state index contributed by atoms with van der Waals surface area (Å²) in [5.41, 5.74) is 0.748. The van der Waals surface area contributed by atoms with Gasteiger partial charge in [0, 0.05) is 6.42 Å². The molecule has 1 aromatic rings. The van der Waals surface area contributed by atoms with Gasteiger partial charge in [0.1, 0.15) is 0 Å². The Morgan fingerprint density at radius 2 is 1.79 bits per heavy atom. The van der Waals surface area contributed by atoms with Gasteiger partial charge in [-0.1, -0.05) is 62.9 Å². The SMILES string of the molecule is CCCCCCCC(=O)N[C@H](c1ccccc1)[C@H](C)OP(=O)(O)O. The van der Waals surface area contributed by atoms with E-state index in [2.05, 4.69) is 12.2 Å². The molecular formula is C17H28NO5P. The van der Waals surface area contributed by atoms with Crippen molar-refractivity contribution in [1.29, 1.82) is 0 Å². The fourth-order valence-corrected chi connectivity index (χ4v) is 3.10. The van der Waals surface area contributed by atoms with Crippen molar-refractivity contribution in [1.82, 2.24) is 5.32 Å². The van der Waals surface area contributed by atoms with Crippen LogP contribution in [0.4, 0.5) is 0 Å². The first-order valence-electron chi connectivity index (χ1n) is 8.41. The molecule has 6 nitrogen and oxygen atoms in total. The molecule has 0 unspecified atom stereocenters. The second kappa shape index (κ2) is 10.6. The molecule has 0 fully saturated rings. The van der Waals surface area contributed by atoms with Crippen LogP contribution in [0.1, 0.15) is 64.0 Å². The number of nitrogens with one attached hydrogen (secondary N) is 1. The molecule has 1 rings (SSSR count). The van der Waals surface area contributed by atoms with Crippen molar-refractivity contribution < 1.29 is 23.7 Å². The van der Waals surface area contributed by atoms with Gasteiger partial charge >= 0.3 is 7.82 Å². The highest BCUT2D eigenvalue weighted by molar-refractivity contribution is 7.46. The van der Waals surface area contributed by atoms with Crippen LogP contribution in [-0.2, 0) is 13.9 Å². The van der Waals surface area contributed by atoms with Crippen molar-refractivity contribution in [3.8, 4) is 0 Å². The molecule has 0 aliphatic carbocycles. The molecule has 0 spiro atoms. The van der Waals surface area contributed by atoms with Crippen LogP contribution in [0.5, 0.6) is 0 Å². The minimum atomic E-state index is -4.62. The van der Waals surface area contributed by atoms with Crippen LogP contribution in [0.25, 0.3) is 0 Å². The van der Waals surface area contributed by atoms with E-state index in [1.807, 2.05) is 18.2 Å². The summed E-state index contributed by atoms with van der Waals surface area (Å²) in [6.07, 6.45) is 4.80. The van der Waals surface area contributed by atoms with Crippen LogP contribution in [0, 0.1) is 0 Å². The summed E-state index contributed by atoms with van der Waals surface area (Å²) in [6.45, 7) is 3.68. The van der Waals surface area contributed by atoms with Crippen molar-refractivity contribution in [2.75, 3.05) is 0 Å². The van der Waals surface area contributed by atoms with E-state index in [1.165, 1.54) is 13.3 Å². The normalized spacial score (nSPS) is 14.2. The van der Waals surface area contributed by atoms with E-state index < -0.39 is 20.0 Å². The maximum Gasteiger partial charge on any atom is 0.469 e. The molecule has 0 radical (unpaired) electrons. The van der Waals surface area contributed by atoms with Crippen molar-refractivity contribution >= 4 is 13.7 Å². The van der Waals surface area contributed by atoms with Gasteiger partial charge in [-0.15, -0.1) is 0 Å². The van der Waals surface area contributed by atoms with E-state index in [9.17, 15) is 9.36 Å². The summed E-state index contributed by atoms with van der Waals surface area (Å²) in [7, 11) is -4.62. The third-order valence-electron chi connectivity index (χ3n) is 3.76. The van der Waals surface area contributed by atoms with E-state index in [-0.39, 0.29) is 5.91 Å². The molecule has 1 aromatic carbocycles. The molecular weight excluding hydrogens is 329 g/mol. The van der Waals surface area contributed by atoms with Gasteiger partial charge in [-0.05, 0) is 18.9 Å². The van der Waals surface area contributed by atoms with E-state index in [0.717, 1.165) is 31.2 Å². The summed E-state index contributed by atoms with van der Waals surface area (Å²) in [5.74, 6) is -0.137. The van der Waals surface area contributed by atoms with Crippen molar-refractivity contribution in [2.24, 2.45) is 0 Å². The lowest BCUT2D eigenvalue weighted by Gasteiger charge is -2.26. The minimum absolute atomic E-state index is 0.137. The van der Waals surface area contributed by atoms with Gasteiger partial charge < -0.3 is 15.1 Å². The van der Waals surface area contributed by atoms with Crippen LogP contribution >= 0.6 is 7.82 Å². The second-order valence-electron chi connectivity index (χ2n) is 5.92. The number of phosphoric ester groups is 1. The zero-order valence-corrected chi connectivity index (χ0v) is 15.2. The average molecular weight is 357 g/mol. The fourth-order valence-electron chi connectivity index (χ4n) is 2.54. The number of phosphoric acid groups is 1. The van der Waals surface area contributed by atoms with Crippen LogP contribution in [0.3, 0.4) is 0 Å². The zero-order valence-electron chi connectivity index (χ0n) is 14.4. The predicted octanol–water partition coefficient (Wildman–Crippen LogP) is 3.70. The number of carbonyl (C=O) groups is 1. The topological polar surface area (TPSA) is 95.9 Å². The standard InChI is InChI=1S/C17H28NO5P/c1-3-4-5-6-10-13-16(19)18-17(14(2)23-24(20,21)22)15-11-8-7-9-12-15/h7-9,11-12,14,17H,3-6,10,13H2,1-2H3,(H,18,19)(H2,20,21,22)/t14-,17-/m0/s1. The van der Waals surface area contributed by atoms with E-state index in [0.29, 0.717) is 6.42 Å². The maximum atomic E-state index is 12.2. The summed E-state index contributed by atoms with van der Waals surface area (Å²) in [4.78, 5) is 30.2. The first-order chi connectivity index (χ1) is 11.3. The number of hydrogen-bond donors (Lipinski definition) is 3. The number of hydrogen-bond acceptors (Lipinski definition) is 3. The van der Waals surface area contributed by atoms with Crippen LogP contribution < -0.4 is 5.32 Å². The molecule has 0 saturated carbocycles. The molecule has 1 amide bonds. The van der Waals surface area contributed by atoms with Gasteiger partial charge in [0.2, 0.25) is 5.91 Å². The Morgan fingerprint density at radius 3 is 2.38 bits per heavy atom. The Kier molecular flexibility index (Phi) is 9.22. The van der Waals surface area contributed by atoms with E-state index in [4.69, 9.17) is 14.3 Å². The Labute approximate surface area is 143 Å². The molecule has 0 saturated heterocycles. The number of carbonyl (C=O) groups excluding carboxylic acids is 1. The molecule has 0 aliphatic heterocycles. The van der Waals surface area contributed by atoms with Gasteiger partial charge in [-0.3, -0.25) is 9.32 Å². The van der Waals surface area contributed by atoms with Gasteiger partial charge in [0.05, 0.1) is 12.1 Å². The average Bonchev–Trinajstić information content (AvgIpc) is 2.51. The fraction of sp³-hybridized carbons (Fsp3) is 0.588. The van der Waals surface area contributed by atoms with Gasteiger partial charge in [0.25, 0.3) is 0 Å². The number of benzene rings is 1. The van der Waals surface area contributed by atoms with Gasteiger partial charge in [0.15, 0.2) is 0 Å². The van der Waals surface area contributed by atoms with Crippen molar-refractivity contribution in [3.05, 3.63) is 35.9 Å². The Bertz CT molecular complexity index is 531. The van der Waals surface area contributed by atoms with Crippen molar-refractivity contribution in [2.45, 2.75) is 64.5 Å². The lowest BCUT2D eigenvalue weighted by molar-refractivity contribution is -0.122. The third kappa shape index (κ3) is 8.60. The lowest BCUT2D eigenvalue weighted by atomic mass is 10.0. The Balaban J connectivity index is 2.65. The Hall–Kier alpha value is -1.20. The number of amides is 1.